The van der Waals surface area contributed by atoms with Gasteiger partial charge in [-0.1, -0.05) is 18.2 Å². The Balaban J connectivity index is 1.57. The second-order valence-corrected chi connectivity index (χ2v) is 8.28. The van der Waals surface area contributed by atoms with Crippen molar-refractivity contribution in [2.75, 3.05) is 13.3 Å². The number of fused-ring (bicyclic) bond motifs is 1. The lowest BCUT2D eigenvalue weighted by Crippen LogP contribution is -2.32. The van der Waals surface area contributed by atoms with Crippen LogP contribution in [-0.2, 0) is 21.0 Å². The summed E-state index contributed by atoms with van der Waals surface area (Å²) in [6.45, 7) is 1.50. The van der Waals surface area contributed by atoms with Gasteiger partial charge in [0.25, 0.3) is 0 Å². The second-order valence-electron chi connectivity index (χ2n) is 6.54. The van der Waals surface area contributed by atoms with Gasteiger partial charge >= 0.3 is 6.18 Å². The highest BCUT2D eigenvalue weighted by Crippen LogP contribution is 2.35. The number of benzene rings is 2. The van der Waals surface area contributed by atoms with Crippen molar-refractivity contribution >= 4 is 15.9 Å². The van der Waals surface area contributed by atoms with Crippen LogP contribution in [0.2, 0.25) is 0 Å². The van der Waals surface area contributed by atoms with E-state index >= 15 is 0 Å². The summed E-state index contributed by atoms with van der Waals surface area (Å²) < 4.78 is 76.2. The van der Waals surface area contributed by atoms with Gasteiger partial charge in [-0.15, -0.1) is 0 Å². The minimum Gasteiger partial charge on any atom is -0.454 e. The lowest BCUT2D eigenvalue weighted by atomic mass is 10.1. The van der Waals surface area contributed by atoms with Crippen molar-refractivity contribution in [3.05, 3.63) is 53.6 Å². The van der Waals surface area contributed by atoms with E-state index in [-0.39, 0.29) is 19.8 Å². The van der Waals surface area contributed by atoms with Gasteiger partial charge in [0.15, 0.2) is 11.5 Å². The number of amides is 1. The summed E-state index contributed by atoms with van der Waals surface area (Å²) in [6, 6.07) is 8.67. The van der Waals surface area contributed by atoms with Gasteiger partial charge in [-0.2, -0.15) is 13.2 Å². The van der Waals surface area contributed by atoms with Gasteiger partial charge in [-0.25, -0.2) is 13.1 Å². The molecule has 1 unspecified atom stereocenters. The fourth-order valence-corrected chi connectivity index (χ4v) is 4.15. The maximum atomic E-state index is 13.0. The smallest absolute Gasteiger partial charge is 0.417 e. The van der Waals surface area contributed by atoms with Crippen molar-refractivity contribution in [1.82, 2.24) is 10.0 Å². The Labute approximate surface area is 171 Å². The van der Waals surface area contributed by atoms with Crippen molar-refractivity contribution in [2.45, 2.75) is 30.5 Å². The summed E-state index contributed by atoms with van der Waals surface area (Å²) in [5.74, 6) is 0.697. The normalized spacial score (nSPS) is 14.4. The largest absolute Gasteiger partial charge is 0.454 e. The zero-order valence-electron chi connectivity index (χ0n) is 15.8. The average Bonchev–Trinajstić information content (AvgIpc) is 3.15. The van der Waals surface area contributed by atoms with Crippen LogP contribution in [0.3, 0.4) is 0 Å². The Morgan fingerprint density at radius 1 is 1.13 bits per heavy atom. The average molecular weight is 444 g/mol. The molecule has 0 saturated heterocycles. The van der Waals surface area contributed by atoms with Gasteiger partial charge in [-0.3, -0.25) is 4.79 Å². The third-order valence-corrected chi connectivity index (χ3v) is 5.92. The molecule has 0 aromatic heterocycles. The Bertz CT molecular complexity index is 1040. The molecular formula is C19H19F3N2O5S. The van der Waals surface area contributed by atoms with E-state index in [4.69, 9.17) is 9.47 Å². The maximum absolute atomic E-state index is 13.0. The molecule has 1 aliphatic heterocycles. The van der Waals surface area contributed by atoms with Gasteiger partial charge in [-0.05, 0) is 36.8 Å². The van der Waals surface area contributed by atoms with Crippen molar-refractivity contribution in [1.29, 1.82) is 0 Å². The molecule has 0 saturated carbocycles. The molecule has 0 bridgehead atoms. The minimum atomic E-state index is -4.82. The van der Waals surface area contributed by atoms with Crippen LogP contribution < -0.4 is 19.5 Å². The number of ether oxygens (including phenoxy) is 2. The number of alkyl halides is 3. The summed E-state index contributed by atoms with van der Waals surface area (Å²) in [6.07, 6.45) is -5.06. The number of rotatable bonds is 7. The summed E-state index contributed by atoms with van der Waals surface area (Å²) in [4.78, 5) is 11.2. The van der Waals surface area contributed by atoms with Crippen LogP contribution >= 0.6 is 0 Å². The second kappa shape index (κ2) is 8.52. The van der Waals surface area contributed by atoms with Crippen LogP contribution in [0, 0.1) is 0 Å². The molecule has 7 nitrogen and oxygen atoms in total. The van der Waals surface area contributed by atoms with Crippen LogP contribution in [-0.4, -0.2) is 27.7 Å². The van der Waals surface area contributed by atoms with Crippen molar-refractivity contribution in [3.8, 4) is 11.5 Å². The number of halogens is 3. The van der Waals surface area contributed by atoms with Crippen molar-refractivity contribution < 1.29 is 35.9 Å². The maximum Gasteiger partial charge on any atom is 0.417 e. The molecule has 3 rings (SSSR count). The zero-order chi connectivity index (χ0) is 21.9. The molecule has 1 atom stereocenters. The van der Waals surface area contributed by atoms with E-state index in [1.165, 1.54) is 6.07 Å². The highest BCUT2D eigenvalue weighted by Gasteiger charge is 2.36. The van der Waals surface area contributed by atoms with Crippen molar-refractivity contribution in [2.24, 2.45) is 0 Å². The summed E-state index contributed by atoms with van der Waals surface area (Å²) >= 11 is 0. The quantitative estimate of drug-likeness (QED) is 0.685. The molecule has 0 radical (unpaired) electrons. The van der Waals surface area contributed by atoms with Gasteiger partial charge in [0.2, 0.25) is 22.7 Å². The number of hydrogen-bond acceptors (Lipinski definition) is 5. The zero-order valence-corrected chi connectivity index (χ0v) is 16.6. The summed E-state index contributed by atoms with van der Waals surface area (Å²) in [5, 5.41) is 2.70. The molecule has 2 N–H and O–H groups in total. The van der Waals surface area contributed by atoms with Gasteiger partial charge < -0.3 is 14.8 Å². The molecule has 0 spiro atoms. The lowest BCUT2D eigenvalue weighted by molar-refractivity contribution is -0.139. The van der Waals surface area contributed by atoms with E-state index in [1.807, 2.05) is 4.72 Å². The molecule has 30 heavy (non-hydrogen) atoms. The number of carbonyl (C=O) groups is 1. The van der Waals surface area contributed by atoms with Crippen LogP contribution in [0.4, 0.5) is 13.2 Å². The van der Waals surface area contributed by atoms with Gasteiger partial charge in [0.05, 0.1) is 16.5 Å². The van der Waals surface area contributed by atoms with E-state index in [9.17, 15) is 26.4 Å². The van der Waals surface area contributed by atoms with Gasteiger partial charge in [0.1, 0.15) is 0 Å². The molecule has 2 aromatic rings. The molecule has 1 aliphatic rings. The summed E-state index contributed by atoms with van der Waals surface area (Å²) in [5.41, 5.74) is -0.509. The SMILES string of the molecule is CC(NC(=O)CCNS(=O)(=O)c1ccccc1C(F)(F)F)c1ccc2c(c1)OCO2. The standard InChI is InChI=1S/C19H19F3N2O5S/c1-12(13-6-7-15-16(10-13)29-11-28-15)24-18(25)8-9-23-30(26,27)17-5-3-2-4-14(17)19(20,21)22/h2-7,10,12,23H,8-9,11H2,1H3,(H,24,25). The fourth-order valence-electron chi connectivity index (χ4n) is 2.89. The first kappa shape index (κ1) is 21.9. The molecular weight excluding hydrogens is 425 g/mol. The van der Waals surface area contributed by atoms with E-state index in [0.29, 0.717) is 17.6 Å². The predicted octanol–water partition coefficient (Wildman–Crippen LogP) is 2.98. The van der Waals surface area contributed by atoms with E-state index in [0.717, 1.165) is 17.7 Å². The highest BCUT2D eigenvalue weighted by atomic mass is 32.2. The number of sulfonamides is 1. The molecule has 0 aliphatic carbocycles. The van der Waals surface area contributed by atoms with Crippen LogP contribution in [0.1, 0.15) is 30.5 Å². The highest BCUT2D eigenvalue weighted by molar-refractivity contribution is 7.89. The Morgan fingerprint density at radius 2 is 1.83 bits per heavy atom. The molecule has 11 heteroatoms. The monoisotopic (exact) mass is 444 g/mol. The van der Waals surface area contributed by atoms with E-state index < -0.39 is 38.6 Å². The third kappa shape index (κ3) is 5.03. The molecule has 2 aromatic carbocycles. The predicted molar refractivity (Wildman–Crippen MR) is 100 cm³/mol. The molecule has 1 amide bonds. The van der Waals surface area contributed by atoms with E-state index in [1.54, 1.807) is 25.1 Å². The Kier molecular flexibility index (Phi) is 6.22. The minimum absolute atomic E-state index is 0.122. The Morgan fingerprint density at radius 3 is 2.57 bits per heavy atom. The third-order valence-electron chi connectivity index (χ3n) is 4.40. The molecule has 162 valence electrons. The Hall–Kier alpha value is -2.79. The van der Waals surface area contributed by atoms with Gasteiger partial charge in [0, 0.05) is 13.0 Å². The topological polar surface area (TPSA) is 93.7 Å². The van der Waals surface area contributed by atoms with Crippen LogP contribution in [0.15, 0.2) is 47.4 Å². The van der Waals surface area contributed by atoms with Crippen molar-refractivity contribution in [3.63, 3.8) is 0 Å². The molecule has 1 heterocycles. The van der Waals surface area contributed by atoms with E-state index in [2.05, 4.69) is 5.32 Å². The lowest BCUT2D eigenvalue weighted by Gasteiger charge is -2.16. The number of carbonyl (C=O) groups excluding carboxylic acids is 1. The first-order chi connectivity index (χ1) is 14.1. The first-order valence-electron chi connectivity index (χ1n) is 8.93. The molecule has 0 fully saturated rings. The first-order valence-corrected chi connectivity index (χ1v) is 10.4. The van der Waals surface area contributed by atoms with Crippen LogP contribution in [0.25, 0.3) is 0 Å². The number of hydrogen-bond donors (Lipinski definition) is 2. The fraction of sp³-hybridized carbons (Fsp3) is 0.316. The number of nitrogens with one attached hydrogen (secondary N) is 2. The summed E-state index contributed by atoms with van der Waals surface area (Å²) in [7, 11) is -4.44. The van der Waals surface area contributed by atoms with Crippen LogP contribution in [0.5, 0.6) is 11.5 Å².